The zero-order chi connectivity index (χ0) is 19.3. The van der Waals surface area contributed by atoms with E-state index in [1.165, 1.54) is 4.90 Å². The average Bonchev–Trinajstić information content (AvgIpc) is 2.58. The summed E-state index contributed by atoms with van der Waals surface area (Å²) >= 11 is 0. The molecular formula is C21H27N3O2. The number of benzene rings is 2. The van der Waals surface area contributed by atoms with Gasteiger partial charge in [-0.15, -0.1) is 0 Å². The number of hydrogen-bond acceptors (Lipinski definition) is 3. The zero-order valence-electron chi connectivity index (χ0n) is 15.9. The van der Waals surface area contributed by atoms with Gasteiger partial charge in [0.25, 0.3) is 0 Å². The lowest BCUT2D eigenvalue weighted by Gasteiger charge is -2.21. The second-order valence-electron chi connectivity index (χ2n) is 6.81. The summed E-state index contributed by atoms with van der Waals surface area (Å²) in [5, 5.41) is 2.91. The molecule has 0 aliphatic heterocycles. The number of nitrogens with two attached hydrogens (primary N) is 1. The summed E-state index contributed by atoms with van der Waals surface area (Å²) in [6.45, 7) is 5.90. The molecule has 1 unspecified atom stereocenters. The normalized spacial score (nSPS) is 11.7. The van der Waals surface area contributed by atoms with Crippen molar-refractivity contribution in [3.8, 4) is 0 Å². The molecule has 0 heterocycles. The highest BCUT2D eigenvalue weighted by atomic mass is 16.2. The Hall–Kier alpha value is -2.66. The Bertz CT molecular complexity index is 764. The Morgan fingerprint density at radius 2 is 1.65 bits per heavy atom. The van der Waals surface area contributed by atoms with Gasteiger partial charge in [-0.1, -0.05) is 48.0 Å². The Kier molecular flexibility index (Phi) is 6.52. The smallest absolute Gasteiger partial charge is 0.243 e. The van der Waals surface area contributed by atoms with Crippen molar-refractivity contribution in [2.24, 2.45) is 5.73 Å². The molecule has 0 saturated heterocycles. The van der Waals surface area contributed by atoms with E-state index in [2.05, 4.69) is 5.32 Å². The predicted octanol–water partition coefficient (Wildman–Crippen LogP) is 2.58. The van der Waals surface area contributed by atoms with Gasteiger partial charge in [0.2, 0.25) is 11.8 Å². The number of nitrogens with one attached hydrogen (secondary N) is 1. The minimum Gasteiger partial charge on any atom is -0.335 e. The third kappa shape index (κ3) is 5.17. The van der Waals surface area contributed by atoms with Gasteiger partial charge >= 0.3 is 0 Å². The highest BCUT2D eigenvalue weighted by Crippen LogP contribution is 2.21. The molecule has 2 rings (SSSR count). The van der Waals surface area contributed by atoms with E-state index in [-0.39, 0.29) is 18.4 Å². The van der Waals surface area contributed by atoms with Gasteiger partial charge in [-0.25, -0.2) is 0 Å². The van der Waals surface area contributed by atoms with Crippen LogP contribution in [0.1, 0.15) is 22.3 Å². The number of aryl methyl sites for hydroxylation is 3. The highest BCUT2D eigenvalue weighted by Gasteiger charge is 2.20. The minimum atomic E-state index is -0.668. The van der Waals surface area contributed by atoms with E-state index >= 15 is 0 Å². The maximum atomic E-state index is 12.4. The number of anilines is 1. The third-order valence-electron chi connectivity index (χ3n) is 4.31. The van der Waals surface area contributed by atoms with Crippen molar-refractivity contribution in [3.63, 3.8) is 0 Å². The molecule has 0 radical (unpaired) electrons. The number of rotatable bonds is 6. The van der Waals surface area contributed by atoms with E-state index in [4.69, 9.17) is 5.73 Å². The Labute approximate surface area is 155 Å². The van der Waals surface area contributed by atoms with Crippen LogP contribution in [-0.4, -0.2) is 36.3 Å². The maximum absolute atomic E-state index is 12.4. The van der Waals surface area contributed by atoms with Gasteiger partial charge in [-0.2, -0.15) is 0 Å². The van der Waals surface area contributed by atoms with E-state index in [0.717, 1.165) is 27.9 Å². The highest BCUT2D eigenvalue weighted by molar-refractivity contribution is 5.96. The number of carbonyl (C=O) groups excluding carboxylic acids is 2. The van der Waals surface area contributed by atoms with Crippen LogP contribution < -0.4 is 11.1 Å². The van der Waals surface area contributed by atoms with Crippen molar-refractivity contribution in [2.75, 3.05) is 18.9 Å². The number of likely N-dealkylation sites (N-methyl/N-ethyl adjacent to an activating group) is 1. The van der Waals surface area contributed by atoms with Crippen molar-refractivity contribution in [2.45, 2.75) is 33.2 Å². The van der Waals surface area contributed by atoms with Gasteiger partial charge in [0, 0.05) is 12.7 Å². The van der Waals surface area contributed by atoms with Crippen molar-refractivity contribution < 1.29 is 9.59 Å². The Balaban J connectivity index is 1.95. The van der Waals surface area contributed by atoms with Crippen molar-refractivity contribution in [1.82, 2.24) is 4.90 Å². The van der Waals surface area contributed by atoms with Crippen LogP contribution in [0.3, 0.4) is 0 Å². The maximum Gasteiger partial charge on any atom is 0.243 e. The van der Waals surface area contributed by atoms with Crippen molar-refractivity contribution >= 4 is 17.5 Å². The summed E-state index contributed by atoms with van der Waals surface area (Å²) in [5.41, 5.74) is 11.0. The summed E-state index contributed by atoms with van der Waals surface area (Å²) in [6.07, 6.45) is 0.446. The Morgan fingerprint density at radius 1 is 1.08 bits per heavy atom. The van der Waals surface area contributed by atoms with Crippen LogP contribution in [0, 0.1) is 20.8 Å². The SMILES string of the molecule is Cc1cc(C)c(NC(=O)CN(C)C(=O)C(N)Cc2ccccc2)c(C)c1. The molecule has 0 bridgehead atoms. The molecule has 2 aromatic carbocycles. The molecule has 5 nitrogen and oxygen atoms in total. The summed E-state index contributed by atoms with van der Waals surface area (Å²) in [4.78, 5) is 26.2. The molecule has 138 valence electrons. The fraction of sp³-hybridized carbons (Fsp3) is 0.333. The lowest BCUT2D eigenvalue weighted by molar-refractivity contribution is -0.134. The zero-order valence-corrected chi connectivity index (χ0v) is 15.9. The lowest BCUT2D eigenvalue weighted by atomic mass is 10.0. The van der Waals surface area contributed by atoms with Crippen molar-refractivity contribution in [3.05, 3.63) is 64.7 Å². The van der Waals surface area contributed by atoms with Crippen molar-refractivity contribution in [1.29, 1.82) is 0 Å². The first-order valence-electron chi connectivity index (χ1n) is 8.70. The van der Waals surface area contributed by atoms with E-state index < -0.39 is 6.04 Å². The van der Waals surface area contributed by atoms with Gasteiger partial charge in [-0.05, 0) is 43.9 Å². The second kappa shape index (κ2) is 8.63. The molecule has 0 spiro atoms. The van der Waals surface area contributed by atoms with Crippen LogP contribution in [0.5, 0.6) is 0 Å². The molecule has 0 fully saturated rings. The molecule has 2 amide bonds. The molecule has 26 heavy (non-hydrogen) atoms. The van der Waals surface area contributed by atoms with Crippen LogP contribution in [-0.2, 0) is 16.0 Å². The fourth-order valence-corrected chi connectivity index (χ4v) is 3.09. The first-order chi connectivity index (χ1) is 12.3. The van der Waals surface area contributed by atoms with E-state index in [0.29, 0.717) is 6.42 Å². The summed E-state index contributed by atoms with van der Waals surface area (Å²) in [5.74, 6) is -0.482. The van der Waals surface area contributed by atoms with Gasteiger partial charge in [-0.3, -0.25) is 9.59 Å². The number of carbonyl (C=O) groups is 2. The first-order valence-corrected chi connectivity index (χ1v) is 8.70. The van der Waals surface area contributed by atoms with E-state index in [9.17, 15) is 9.59 Å². The Morgan fingerprint density at radius 3 is 2.23 bits per heavy atom. The summed E-state index contributed by atoms with van der Waals surface area (Å²) in [7, 11) is 1.60. The monoisotopic (exact) mass is 353 g/mol. The number of nitrogens with zero attached hydrogens (tertiary/aromatic N) is 1. The van der Waals surface area contributed by atoms with Gasteiger partial charge < -0.3 is 16.0 Å². The summed E-state index contributed by atoms with van der Waals surface area (Å²) in [6, 6.07) is 13.0. The quantitative estimate of drug-likeness (QED) is 0.838. The fourth-order valence-electron chi connectivity index (χ4n) is 3.09. The van der Waals surface area contributed by atoms with Gasteiger partial charge in [0.05, 0.1) is 12.6 Å². The first kappa shape index (κ1) is 19.7. The number of amides is 2. The average molecular weight is 353 g/mol. The van der Waals surface area contributed by atoms with Gasteiger partial charge in [0.1, 0.15) is 0 Å². The molecular weight excluding hydrogens is 326 g/mol. The van der Waals surface area contributed by atoms with Crippen LogP contribution in [0.4, 0.5) is 5.69 Å². The largest absolute Gasteiger partial charge is 0.335 e. The van der Waals surface area contributed by atoms with E-state index in [1.807, 2.05) is 63.2 Å². The molecule has 3 N–H and O–H groups in total. The summed E-state index contributed by atoms with van der Waals surface area (Å²) < 4.78 is 0. The molecule has 0 aromatic heterocycles. The van der Waals surface area contributed by atoms with Gasteiger partial charge in [0.15, 0.2) is 0 Å². The molecule has 0 aliphatic carbocycles. The van der Waals surface area contributed by atoms with Crippen LogP contribution >= 0.6 is 0 Å². The van der Waals surface area contributed by atoms with Crippen LogP contribution in [0.25, 0.3) is 0 Å². The van der Waals surface area contributed by atoms with Crippen LogP contribution in [0.15, 0.2) is 42.5 Å². The molecule has 5 heteroatoms. The lowest BCUT2D eigenvalue weighted by Crippen LogP contribution is -2.45. The minimum absolute atomic E-state index is 0.0337. The van der Waals surface area contributed by atoms with Crippen LogP contribution in [0.2, 0.25) is 0 Å². The standard InChI is InChI=1S/C21H27N3O2/c1-14-10-15(2)20(16(3)11-14)23-19(25)13-24(4)21(26)18(22)12-17-8-6-5-7-9-17/h5-11,18H,12-13,22H2,1-4H3,(H,23,25). The molecule has 0 aliphatic rings. The third-order valence-corrected chi connectivity index (χ3v) is 4.31. The number of hydrogen-bond donors (Lipinski definition) is 2. The topological polar surface area (TPSA) is 75.4 Å². The molecule has 1 atom stereocenters. The second-order valence-corrected chi connectivity index (χ2v) is 6.81. The molecule has 2 aromatic rings. The van der Waals surface area contributed by atoms with E-state index in [1.54, 1.807) is 7.05 Å². The molecule has 0 saturated carbocycles. The predicted molar refractivity (Wildman–Crippen MR) is 105 cm³/mol.